The van der Waals surface area contributed by atoms with Gasteiger partial charge in [0, 0.05) is 0 Å². The second kappa shape index (κ2) is 2.80. The van der Waals surface area contributed by atoms with E-state index < -0.39 is 0 Å². The molecule has 0 spiro atoms. The molecule has 0 radical (unpaired) electrons. The Hall–Kier alpha value is -1.45. The first kappa shape index (κ1) is 8.16. The quantitative estimate of drug-likeness (QED) is 0.698. The number of aromatic nitrogens is 2. The average Bonchev–Trinajstić information content (AvgIpc) is 2.42. The van der Waals surface area contributed by atoms with Crippen LogP contribution in [-0.2, 0) is 11.2 Å². The molecule has 1 aromatic heterocycles. The number of carbonyl (C=O) groups excluding carboxylic acids is 1. The molecule has 4 heteroatoms. The van der Waals surface area contributed by atoms with E-state index in [2.05, 4.69) is 29.1 Å². The van der Waals surface area contributed by atoms with Crippen LogP contribution in [0, 0.1) is 0 Å². The number of carbonyl (C=O) groups is 1. The van der Waals surface area contributed by atoms with Gasteiger partial charge in [0.2, 0.25) is 5.91 Å². The lowest BCUT2D eigenvalue weighted by Gasteiger charge is -2.04. The van der Waals surface area contributed by atoms with Crippen LogP contribution in [0.25, 0.3) is 0 Å². The van der Waals surface area contributed by atoms with E-state index >= 15 is 0 Å². The van der Waals surface area contributed by atoms with E-state index in [1.807, 2.05) is 0 Å². The Morgan fingerprint density at radius 3 is 3.00 bits per heavy atom. The molecule has 2 rings (SSSR count). The van der Waals surface area contributed by atoms with E-state index in [0.717, 1.165) is 11.4 Å². The van der Waals surface area contributed by atoms with Crippen LogP contribution in [-0.4, -0.2) is 15.9 Å². The van der Waals surface area contributed by atoms with Crippen molar-refractivity contribution in [2.24, 2.45) is 0 Å². The van der Waals surface area contributed by atoms with Gasteiger partial charge in [-0.25, -0.2) is 4.98 Å². The van der Waals surface area contributed by atoms with Crippen molar-refractivity contribution in [3.05, 3.63) is 17.6 Å². The minimum Gasteiger partial charge on any atom is -0.309 e. The zero-order valence-corrected chi connectivity index (χ0v) is 7.66. The average molecular weight is 177 g/mol. The fourth-order valence-corrected chi connectivity index (χ4v) is 1.28. The zero-order valence-electron chi connectivity index (χ0n) is 7.66. The fraction of sp³-hybridized carbons (Fsp3) is 0.444. The van der Waals surface area contributed by atoms with Crippen molar-refractivity contribution < 1.29 is 4.79 Å². The highest BCUT2D eigenvalue weighted by atomic mass is 16.1. The van der Waals surface area contributed by atoms with Gasteiger partial charge in [0.25, 0.3) is 0 Å². The molecule has 1 aromatic rings. The Morgan fingerprint density at radius 1 is 1.54 bits per heavy atom. The standard InChI is InChI=1S/C9H11N3O/c1-5(2)7-4-10-9-6(11-7)3-8(13)12-9/h4-5H,3H2,1-2H3,(H,10,12,13). The largest absolute Gasteiger partial charge is 0.309 e. The van der Waals surface area contributed by atoms with Crippen LogP contribution in [0.2, 0.25) is 0 Å². The second-order valence-corrected chi connectivity index (χ2v) is 3.47. The summed E-state index contributed by atoms with van der Waals surface area (Å²) in [4.78, 5) is 19.5. The summed E-state index contributed by atoms with van der Waals surface area (Å²) in [5.74, 6) is 0.957. The second-order valence-electron chi connectivity index (χ2n) is 3.47. The highest BCUT2D eigenvalue weighted by Gasteiger charge is 2.20. The summed E-state index contributed by atoms with van der Waals surface area (Å²) in [7, 11) is 0. The molecule has 0 atom stereocenters. The number of hydrogen-bond acceptors (Lipinski definition) is 3. The maximum atomic E-state index is 11.0. The van der Waals surface area contributed by atoms with E-state index in [-0.39, 0.29) is 5.91 Å². The Bertz CT molecular complexity index is 360. The molecule has 13 heavy (non-hydrogen) atoms. The molecular weight excluding hydrogens is 166 g/mol. The van der Waals surface area contributed by atoms with E-state index in [1.54, 1.807) is 6.20 Å². The third-order valence-electron chi connectivity index (χ3n) is 2.04. The Labute approximate surface area is 76.4 Å². The lowest BCUT2D eigenvalue weighted by atomic mass is 10.1. The Balaban J connectivity index is 2.40. The fourth-order valence-electron chi connectivity index (χ4n) is 1.28. The van der Waals surface area contributed by atoms with Crippen LogP contribution < -0.4 is 5.32 Å². The molecule has 0 fully saturated rings. The lowest BCUT2D eigenvalue weighted by Crippen LogP contribution is -2.04. The van der Waals surface area contributed by atoms with Crippen molar-refractivity contribution in [3.8, 4) is 0 Å². The smallest absolute Gasteiger partial charge is 0.231 e. The molecule has 4 nitrogen and oxygen atoms in total. The minimum atomic E-state index is -0.0177. The zero-order chi connectivity index (χ0) is 9.42. The summed E-state index contributed by atoms with van der Waals surface area (Å²) in [6.45, 7) is 4.11. The lowest BCUT2D eigenvalue weighted by molar-refractivity contribution is -0.115. The van der Waals surface area contributed by atoms with Crippen LogP contribution >= 0.6 is 0 Å². The number of hydrogen-bond donors (Lipinski definition) is 1. The van der Waals surface area contributed by atoms with Gasteiger partial charge in [0.1, 0.15) is 0 Å². The van der Waals surface area contributed by atoms with Crippen LogP contribution in [0.15, 0.2) is 6.20 Å². The van der Waals surface area contributed by atoms with Gasteiger partial charge >= 0.3 is 0 Å². The van der Waals surface area contributed by atoms with Gasteiger partial charge < -0.3 is 5.32 Å². The molecule has 0 aliphatic carbocycles. The summed E-state index contributed by atoms with van der Waals surface area (Å²) in [6.07, 6.45) is 2.08. The molecule has 0 unspecified atom stereocenters. The SMILES string of the molecule is CC(C)c1cnc2c(n1)CC(=O)N2. The minimum absolute atomic E-state index is 0.0177. The molecule has 0 aromatic carbocycles. The number of nitrogens with one attached hydrogen (secondary N) is 1. The third-order valence-corrected chi connectivity index (χ3v) is 2.04. The number of anilines is 1. The summed E-state index contributed by atoms with van der Waals surface area (Å²) in [5, 5.41) is 2.65. The van der Waals surface area contributed by atoms with Gasteiger partial charge in [-0.2, -0.15) is 0 Å². The number of nitrogens with zero attached hydrogens (tertiary/aromatic N) is 2. The number of rotatable bonds is 1. The molecule has 1 aliphatic rings. The predicted octanol–water partition coefficient (Wildman–Crippen LogP) is 1.09. The van der Waals surface area contributed by atoms with Gasteiger partial charge in [0.15, 0.2) is 5.82 Å². The molecule has 1 amide bonds. The van der Waals surface area contributed by atoms with Crippen molar-refractivity contribution in [2.45, 2.75) is 26.2 Å². The van der Waals surface area contributed by atoms with Crippen LogP contribution in [0.4, 0.5) is 5.82 Å². The maximum absolute atomic E-state index is 11.0. The monoisotopic (exact) mass is 177 g/mol. The topological polar surface area (TPSA) is 54.9 Å². The van der Waals surface area contributed by atoms with Crippen molar-refractivity contribution >= 4 is 11.7 Å². The predicted molar refractivity (Wildman–Crippen MR) is 48.5 cm³/mol. The van der Waals surface area contributed by atoms with Crippen LogP contribution in [0.5, 0.6) is 0 Å². The van der Waals surface area contributed by atoms with Crippen LogP contribution in [0.3, 0.4) is 0 Å². The van der Waals surface area contributed by atoms with Gasteiger partial charge in [-0.1, -0.05) is 13.8 Å². The first-order chi connectivity index (χ1) is 6.16. The molecule has 0 bridgehead atoms. The Kier molecular flexibility index (Phi) is 1.76. The summed E-state index contributed by atoms with van der Waals surface area (Å²) in [6, 6.07) is 0. The van der Waals surface area contributed by atoms with Crippen molar-refractivity contribution in [1.29, 1.82) is 0 Å². The maximum Gasteiger partial charge on any atom is 0.231 e. The molecule has 2 heterocycles. The van der Waals surface area contributed by atoms with Gasteiger partial charge in [-0.05, 0) is 5.92 Å². The first-order valence-corrected chi connectivity index (χ1v) is 4.32. The molecule has 68 valence electrons. The molecule has 0 saturated carbocycles. The van der Waals surface area contributed by atoms with Crippen molar-refractivity contribution in [2.75, 3.05) is 5.32 Å². The van der Waals surface area contributed by atoms with E-state index in [9.17, 15) is 4.79 Å². The molecule has 0 saturated heterocycles. The summed E-state index contributed by atoms with van der Waals surface area (Å²) in [5.41, 5.74) is 1.71. The highest BCUT2D eigenvalue weighted by Crippen LogP contribution is 2.20. The summed E-state index contributed by atoms with van der Waals surface area (Å²) >= 11 is 0. The van der Waals surface area contributed by atoms with E-state index in [4.69, 9.17) is 0 Å². The van der Waals surface area contributed by atoms with Gasteiger partial charge in [-0.3, -0.25) is 9.78 Å². The summed E-state index contributed by atoms with van der Waals surface area (Å²) < 4.78 is 0. The highest BCUT2D eigenvalue weighted by molar-refractivity contribution is 5.97. The van der Waals surface area contributed by atoms with E-state index in [1.165, 1.54) is 0 Å². The van der Waals surface area contributed by atoms with Gasteiger partial charge in [0.05, 0.1) is 24.0 Å². The third kappa shape index (κ3) is 1.39. The van der Waals surface area contributed by atoms with Crippen molar-refractivity contribution in [1.82, 2.24) is 9.97 Å². The normalized spacial score (nSPS) is 14.5. The first-order valence-electron chi connectivity index (χ1n) is 4.32. The number of fused-ring (bicyclic) bond motifs is 1. The van der Waals surface area contributed by atoms with E-state index in [0.29, 0.717) is 18.2 Å². The molecule has 1 aliphatic heterocycles. The number of amides is 1. The molecular formula is C9H11N3O. The Morgan fingerprint density at radius 2 is 2.31 bits per heavy atom. The molecule has 1 N–H and O–H groups in total. The van der Waals surface area contributed by atoms with Crippen molar-refractivity contribution in [3.63, 3.8) is 0 Å². The van der Waals surface area contributed by atoms with Gasteiger partial charge in [-0.15, -0.1) is 0 Å². The van der Waals surface area contributed by atoms with Crippen LogP contribution in [0.1, 0.15) is 31.2 Å².